The van der Waals surface area contributed by atoms with Crippen LogP contribution in [0, 0.1) is 0 Å². The average Bonchev–Trinajstić information content (AvgIpc) is 3.21. The third kappa shape index (κ3) is 2.94. The third-order valence-electron chi connectivity index (χ3n) is 4.51. The van der Waals surface area contributed by atoms with Gasteiger partial charge in [-0.3, -0.25) is 10.1 Å². The maximum atomic E-state index is 12.7. The van der Waals surface area contributed by atoms with Crippen molar-refractivity contribution in [1.29, 1.82) is 0 Å². The molecule has 1 spiro atoms. The van der Waals surface area contributed by atoms with Gasteiger partial charge in [0, 0.05) is 16.8 Å². The molecule has 2 aliphatic rings. The van der Waals surface area contributed by atoms with E-state index >= 15 is 0 Å². The SMILES string of the molecule is CSC(C)CCN1C(=O)C2(CC2)NC1c1ccc(Cl)cc1. The lowest BCUT2D eigenvalue weighted by atomic mass is 10.1. The van der Waals surface area contributed by atoms with E-state index in [1.807, 2.05) is 40.9 Å². The number of hydrogen-bond donors (Lipinski definition) is 1. The topological polar surface area (TPSA) is 32.3 Å². The predicted molar refractivity (Wildman–Crippen MR) is 88.6 cm³/mol. The van der Waals surface area contributed by atoms with Crippen LogP contribution in [0.15, 0.2) is 24.3 Å². The van der Waals surface area contributed by atoms with Crippen LogP contribution in [0.5, 0.6) is 0 Å². The first kappa shape index (κ1) is 15.2. The van der Waals surface area contributed by atoms with Crippen molar-refractivity contribution in [3.05, 3.63) is 34.9 Å². The van der Waals surface area contributed by atoms with Crippen LogP contribution in [0.25, 0.3) is 0 Å². The summed E-state index contributed by atoms with van der Waals surface area (Å²) in [7, 11) is 0. The van der Waals surface area contributed by atoms with Gasteiger partial charge >= 0.3 is 0 Å². The van der Waals surface area contributed by atoms with Crippen molar-refractivity contribution in [3.63, 3.8) is 0 Å². The summed E-state index contributed by atoms with van der Waals surface area (Å²) in [6.07, 6.45) is 5.06. The molecule has 2 unspecified atom stereocenters. The molecule has 1 aromatic carbocycles. The Labute approximate surface area is 135 Å². The molecule has 0 aromatic heterocycles. The Bertz CT molecular complexity index is 530. The van der Waals surface area contributed by atoms with Crippen molar-refractivity contribution in [3.8, 4) is 0 Å². The number of thioether (sulfide) groups is 1. The summed E-state index contributed by atoms with van der Waals surface area (Å²) in [5.74, 6) is 0.274. The van der Waals surface area contributed by atoms with E-state index in [1.165, 1.54) is 0 Å². The van der Waals surface area contributed by atoms with E-state index < -0.39 is 0 Å². The van der Waals surface area contributed by atoms with Crippen molar-refractivity contribution in [2.45, 2.75) is 43.1 Å². The molecule has 1 saturated heterocycles. The molecule has 0 radical (unpaired) electrons. The number of halogens is 1. The van der Waals surface area contributed by atoms with Crippen molar-refractivity contribution < 1.29 is 4.79 Å². The quantitative estimate of drug-likeness (QED) is 0.900. The lowest BCUT2D eigenvalue weighted by Gasteiger charge is -2.25. The molecule has 1 aliphatic heterocycles. The van der Waals surface area contributed by atoms with Gasteiger partial charge in [-0.1, -0.05) is 30.7 Å². The van der Waals surface area contributed by atoms with E-state index in [0.717, 1.165) is 36.4 Å². The van der Waals surface area contributed by atoms with Crippen molar-refractivity contribution in [1.82, 2.24) is 10.2 Å². The van der Waals surface area contributed by atoms with Gasteiger partial charge in [-0.15, -0.1) is 0 Å². The van der Waals surface area contributed by atoms with Gasteiger partial charge in [0.05, 0.1) is 0 Å². The fourth-order valence-electron chi connectivity index (χ4n) is 2.85. The van der Waals surface area contributed by atoms with Crippen LogP contribution in [-0.4, -0.2) is 34.4 Å². The number of nitrogens with one attached hydrogen (secondary N) is 1. The minimum absolute atomic E-state index is 0.00803. The Kier molecular flexibility index (Phi) is 4.21. The molecule has 3 rings (SSSR count). The summed E-state index contributed by atoms with van der Waals surface area (Å²) in [6, 6.07) is 7.81. The average molecular weight is 325 g/mol. The third-order valence-corrected chi connectivity index (χ3v) is 5.80. The van der Waals surface area contributed by atoms with E-state index in [4.69, 9.17) is 11.6 Å². The molecule has 3 nitrogen and oxygen atoms in total. The fraction of sp³-hybridized carbons (Fsp3) is 0.562. The highest BCUT2D eigenvalue weighted by Crippen LogP contribution is 2.46. The lowest BCUT2D eigenvalue weighted by molar-refractivity contribution is -0.130. The van der Waals surface area contributed by atoms with Gasteiger partial charge in [0.15, 0.2) is 0 Å². The lowest BCUT2D eigenvalue weighted by Crippen LogP contribution is -2.33. The number of benzene rings is 1. The minimum Gasteiger partial charge on any atom is -0.321 e. The summed E-state index contributed by atoms with van der Waals surface area (Å²) < 4.78 is 0. The van der Waals surface area contributed by atoms with E-state index in [9.17, 15) is 4.79 Å². The molecule has 1 saturated carbocycles. The maximum Gasteiger partial charge on any atom is 0.244 e. The molecule has 1 aromatic rings. The van der Waals surface area contributed by atoms with Crippen molar-refractivity contribution >= 4 is 29.3 Å². The zero-order chi connectivity index (χ0) is 15.0. The second-order valence-electron chi connectivity index (χ2n) is 6.01. The largest absolute Gasteiger partial charge is 0.321 e. The molecule has 5 heteroatoms. The monoisotopic (exact) mass is 324 g/mol. The summed E-state index contributed by atoms with van der Waals surface area (Å²) >= 11 is 7.82. The number of hydrogen-bond acceptors (Lipinski definition) is 3. The highest BCUT2D eigenvalue weighted by Gasteiger charge is 2.59. The zero-order valence-electron chi connectivity index (χ0n) is 12.4. The molecular weight excluding hydrogens is 304 g/mol. The highest BCUT2D eigenvalue weighted by molar-refractivity contribution is 7.99. The van der Waals surface area contributed by atoms with Crippen LogP contribution in [0.3, 0.4) is 0 Å². The van der Waals surface area contributed by atoms with Crippen LogP contribution in [-0.2, 0) is 4.79 Å². The van der Waals surface area contributed by atoms with Crippen molar-refractivity contribution in [2.24, 2.45) is 0 Å². The van der Waals surface area contributed by atoms with E-state index in [1.54, 1.807) is 0 Å². The number of carbonyl (C=O) groups is 1. The number of rotatable bonds is 5. The van der Waals surface area contributed by atoms with Gasteiger partial charge in [0.25, 0.3) is 0 Å². The standard InChI is InChI=1S/C16H21ClN2OS/c1-11(21-2)7-10-19-14(12-3-5-13(17)6-4-12)18-16(8-9-16)15(19)20/h3-6,11,14,18H,7-10H2,1-2H3. The van der Waals surface area contributed by atoms with Crippen LogP contribution in [0.4, 0.5) is 0 Å². The van der Waals surface area contributed by atoms with Gasteiger partial charge in [-0.25, -0.2) is 0 Å². The Balaban J connectivity index is 1.79. The van der Waals surface area contributed by atoms with E-state index in [2.05, 4.69) is 18.5 Å². The molecule has 114 valence electrons. The second-order valence-corrected chi connectivity index (χ2v) is 7.73. The molecular formula is C16H21ClN2OS. The molecule has 0 bridgehead atoms. The smallest absolute Gasteiger partial charge is 0.244 e. The summed E-state index contributed by atoms with van der Waals surface area (Å²) in [5, 5.41) is 4.84. The predicted octanol–water partition coefficient (Wildman–Crippen LogP) is 3.44. The number of amides is 1. The Morgan fingerprint density at radius 2 is 2.10 bits per heavy atom. The van der Waals surface area contributed by atoms with Crippen LogP contribution >= 0.6 is 23.4 Å². The molecule has 1 heterocycles. The zero-order valence-corrected chi connectivity index (χ0v) is 14.0. The number of nitrogens with zero attached hydrogens (tertiary/aromatic N) is 1. The normalized spacial score (nSPS) is 24.6. The van der Waals surface area contributed by atoms with Gasteiger partial charge in [0.1, 0.15) is 11.7 Å². The first-order valence-electron chi connectivity index (χ1n) is 7.43. The summed E-state index contributed by atoms with van der Waals surface area (Å²) in [5.41, 5.74) is 0.848. The summed E-state index contributed by atoms with van der Waals surface area (Å²) in [4.78, 5) is 14.7. The Hall–Kier alpha value is -0.710. The molecule has 1 N–H and O–H groups in total. The Morgan fingerprint density at radius 1 is 1.43 bits per heavy atom. The molecule has 2 fully saturated rings. The minimum atomic E-state index is -0.271. The van der Waals surface area contributed by atoms with Gasteiger partial charge in [0.2, 0.25) is 5.91 Å². The molecule has 1 aliphatic carbocycles. The molecule has 2 atom stereocenters. The van der Waals surface area contributed by atoms with Gasteiger partial charge in [-0.05, 0) is 43.2 Å². The summed E-state index contributed by atoms with van der Waals surface area (Å²) in [6.45, 7) is 3.02. The highest BCUT2D eigenvalue weighted by atomic mass is 35.5. The van der Waals surface area contributed by atoms with Gasteiger partial charge in [-0.2, -0.15) is 11.8 Å². The first-order chi connectivity index (χ1) is 10.1. The van der Waals surface area contributed by atoms with Crippen LogP contribution in [0.2, 0.25) is 5.02 Å². The van der Waals surface area contributed by atoms with E-state index in [-0.39, 0.29) is 17.6 Å². The maximum absolute atomic E-state index is 12.7. The Morgan fingerprint density at radius 3 is 2.67 bits per heavy atom. The van der Waals surface area contributed by atoms with Crippen LogP contribution in [0.1, 0.15) is 37.9 Å². The first-order valence-corrected chi connectivity index (χ1v) is 9.09. The van der Waals surface area contributed by atoms with Crippen LogP contribution < -0.4 is 5.32 Å². The van der Waals surface area contributed by atoms with E-state index in [0.29, 0.717) is 5.25 Å². The number of carbonyl (C=O) groups excluding carboxylic acids is 1. The second kappa shape index (κ2) is 5.82. The van der Waals surface area contributed by atoms with Crippen molar-refractivity contribution in [2.75, 3.05) is 12.8 Å². The molecule has 1 amide bonds. The molecule has 21 heavy (non-hydrogen) atoms. The van der Waals surface area contributed by atoms with Gasteiger partial charge < -0.3 is 4.90 Å². The fourth-order valence-corrected chi connectivity index (χ4v) is 3.32.